The highest BCUT2D eigenvalue weighted by molar-refractivity contribution is 5.96. The molecule has 2 fully saturated rings. The van der Waals surface area contributed by atoms with Crippen molar-refractivity contribution in [2.75, 3.05) is 26.2 Å². The Morgan fingerprint density at radius 1 is 1.50 bits per heavy atom. The normalized spacial score (nSPS) is 23.4. The molecular formula is C13H19N5O2. The van der Waals surface area contributed by atoms with E-state index in [1.165, 1.54) is 4.90 Å². The zero-order valence-electron chi connectivity index (χ0n) is 11.6. The molecule has 7 heteroatoms. The van der Waals surface area contributed by atoms with Crippen LogP contribution in [0.3, 0.4) is 0 Å². The molecule has 0 saturated carbocycles. The molecule has 2 saturated heterocycles. The van der Waals surface area contributed by atoms with Crippen molar-refractivity contribution in [3.63, 3.8) is 0 Å². The van der Waals surface area contributed by atoms with Crippen LogP contribution in [0.4, 0.5) is 4.79 Å². The van der Waals surface area contributed by atoms with E-state index in [1.54, 1.807) is 4.68 Å². The molecule has 0 bridgehead atoms. The average Bonchev–Trinajstić information content (AvgIpc) is 3.10. The summed E-state index contributed by atoms with van der Waals surface area (Å²) in [6.07, 6.45) is 5.95. The smallest absolute Gasteiger partial charge is 0.324 e. The molecule has 2 aliphatic heterocycles. The van der Waals surface area contributed by atoms with E-state index in [0.29, 0.717) is 19.6 Å². The first-order valence-electron chi connectivity index (χ1n) is 6.96. The highest BCUT2D eigenvalue weighted by atomic mass is 16.2. The number of nitrogens with zero attached hydrogens (tertiary/aromatic N) is 4. The number of aryl methyl sites for hydroxylation is 1. The molecule has 0 radical (unpaired) electrons. The lowest BCUT2D eigenvalue weighted by atomic mass is 10.1. The fourth-order valence-corrected chi connectivity index (χ4v) is 2.97. The van der Waals surface area contributed by atoms with Crippen molar-refractivity contribution in [2.24, 2.45) is 7.05 Å². The van der Waals surface area contributed by atoms with E-state index in [0.717, 1.165) is 24.9 Å². The van der Waals surface area contributed by atoms with Crippen molar-refractivity contribution >= 4 is 11.9 Å². The maximum atomic E-state index is 12.2. The summed E-state index contributed by atoms with van der Waals surface area (Å²) in [6.45, 7) is 2.22. The summed E-state index contributed by atoms with van der Waals surface area (Å²) in [5.41, 5.74) is 1.14. The third-order valence-electron chi connectivity index (χ3n) is 3.97. The minimum Gasteiger partial charge on any atom is -0.336 e. The van der Waals surface area contributed by atoms with Crippen LogP contribution in [-0.4, -0.2) is 57.7 Å². The molecule has 3 amide bonds. The van der Waals surface area contributed by atoms with Crippen molar-refractivity contribution in [3.05, 3.63) is 18.0 Å². The largest absolute Gasteiger partial charge is 0.336 e. The number of carbonyl (C=O) groups excluding carboxylic acids is 2. The predicted octanol–water partition coefficient (Wildman–Crippen LogP) is 0.109. The van der Waals surface area contributed by atoms with E-state index >= 15 is 0 Å². The summed E-state index contributed by atoms with van der Waals surface area (Å²) < 4.78 is 1.78. The number of rotatable bonds is 3. The number of amides is 3. The van der Waals surface area contributed by atoms with Gasteiger partial charge < -0.3 is 5.32 Å². The van der Waals surface area contributed by atoms with Crippen LogP contribution in [0.15, 0.2) is 12.4 Å². The third kappa shape index (κ3) is 2.40. The van der Waals surface area contributed by atoms with Gasteiger partial charge >= 0.3 is 6.03 Å². The van der Waals surface area contributed by atoms with E-state index in [2.05, 4.69) is 15.3 Å². The van der Waals surface area contributed by atoms with E-state index in [1.807, 2.05) is 19.4 Å². The van der Waals surface area contributed by atoms with E-state index in [9.17, 15) is 9.59 Å². The van der Waals surface area contributed by atoms with E-state index in [-0.39, 0.29) is 18.0 Å². The van der Waals surface area contributed by atoms with Crippen molar-refractivity contribution in [2.45, 2.75) is 18.9 Å². The number of hydrogen-bond acceptors (Lipinski definition) is 4. The molecule has 7 nitrogen and oxygen atoms in total. The Morgan fingerprint density at radius 2 is 2.35 bits per heavy atom. The minimum atomic E-state index is -0.271. The molecule has 1 unspecified atom stereocenters. The van der Waals surface area contributed by atoms with Gasteiger partial charge in [0.05, 0.1) is 12.7 Å². The Morgan fingerprint density at radius 3 is 3.00 bits per heavy atom. The molecule has 0 aromatic carbocycles. The second-order valence-corrected chi connectivity index (χ2v) is 5.35. The quantitative estimate of drug-likeness (QED) is 0.851. The first kappa shape index (κ1) is 13.1. The van der Waals surface area contributed by atoms with Gasteiger partial charge in [0.15, 0.2) is 0 Å². The lowest BCUT2D eigenvalue weighted by Crippen LogP contribution is -2.41. The number of aromatic nitrogens is 2. The van der Waals surface area contributed by atoms with Crippen LogP contribution in [0.2, 0.25) is 0 Å². The second kappa shape index (κ2) is 5.24. The van der Waals surface area contributed by atoms with Crippen molar-refractivity contribution in [3.8, 4) is 0 Å². The number of carbonyl (C=O) groups is 2. The summed E-state index contributed by atoms with van der Waals surface area (Å²) >= 11 is 0. The monoisotopic (exact) mass is 277 g/mol. The third-order valence-corrected chi connectivity index (χ3v) is 3.97. The van der Waals surface area contributed by atoms with Crippen LogP contribution < -0.4 is 5.32 Å². The Kier molecular flexibility index (Phi) is 3.43. The molecule has 108 valence electrons. The Hall–Kier alpha value is -1.89. The lowest BCUT2D eigenvalue weighted by Gasteiger charge is -2.24. The first-order valence-corrected chi connectivity index (χ1v) is 6.96. The standard InChI is InChI=1S/C13H19N5O2/c1-16-8-10(7-15-16)11-3-2-5-17(11)9-12(19)18-6-4-14-13(18)20/h7-8,11H,2-6,9H2,1H3,(H,14,20). The van der Waals surface area contributed by atoms with Gasteiger partial charge in [-0.25, -0.2) is 4.79 Å². The molecule has 2 aliphatic rings. The SMILES string of the molecule is Cn1cc(C2CCCN2CC(=O)N2CCNC2=O)cn1. The Balaban J connectivity index is 1.67. The van der Waals surface area contributed by atoms with Gasteiger partial charge in [-0.1, -0.05) is 0 Å². The van der Waals surface area contributed by atoms with Gasteiger partial charge in [-0.05, 0) is 19.4 Å². The number of hydrogen-bond donors (Lipinski definition) is 1. The Labute approximate surface area is 117 Å². The van der Waals surface area contributed by atoms with Gasteiger partial charge in [0.25, 0.3) is 0 Å². The average molecular weight is 277 g/mol. The molecule has 3 heterocycles. The van der Waals surface area contributed by atoms with Crippen LogP contribution in [0.25, 0.3) is 0 Å². The molecular weight excluding hydrogens is 258 g/mol. The maximum absolute atomic E-state index is 12.2. The number of likely N-dealkylation sites (tertiary alicyclic amines) is 1. The zero-order chi connectivity index (χ0) is 14.1. The molecule has 1 atom stereocenters. The van der Waals surface area contributed by atoms with Gasteiger partial charge in [0.2, 0.25) is 5.91 Å². The van der Waals surface area contributed by atoms with Crippen LogP contribution in [0.5, 0.6) is 0 Å². The van der Waals surface area contributed by atoms with Crippen LogP contribution in [-0.2, 0) is 11.8 Å². The second-order valence-electron chi connectivity index (χ2n) is 5.35. The van der Waals surface area contributed by atoms with Gasteiger partial charge in [-0.15, -0.1) is 0 Å². The fourth-order valence-electron chi connectivity index (χ4n) is 2.97. The van der Waals surface area contributed by atoms with Crippen LogP contribution in [0.1, 0.15) is 24.4 Å². The molecule has 1 N–H and O–H groups in total. The predicted molar refractivity (Wildman–Crippen MR) is 71.9 cm³/mol. The minimum absolute atomic E-state index is 0.115. The number of urea groups is 1. The lowest BCUT2D eigenvalue weighted by molar-refractivity contribution is -0.129. The van der Waals surface area contributed by atoms with Crippen molar-refractivity contribution in [1.82, 2.24) is 24.9 Å². The summed E-state index contributed by atoms with van der Waals surface area (Å²) in [5.74, 6) is -0.115. The van der Waals surface area contributed by atoms with Crippen molar-refractivity contribution in [1.29, 1.82) is 0 Å². The summed E-state index contributed by atoms with van der Waals surface area (Å²) in [6, 6.07) is -0.0366. The summed E-state index contributed by atoms with van der Waals surface area (Å²) in [5, 5.41) is 6.85. The van der Waals surface area contributed by atoms with E-state index in [4.69, 9.17) is 0 Å². The highest BCUT2D eigenvalue weighted by Crippen LogP contribution is 2.31. The maximum Gasteiger partial charge on any atom is 0.324 e. The van der Waals surface area contributed by atoms with Crippen LogP contribution in [0, 0.1) is 0 Å². The number of nitrogens with one attached hydrogen (secondary N) is 1. The van der Waals surface area contributed by atoms with Crippen molar-refractivity contribution < 1.29 is 9.59 Å². The fraction of sp³-hybridized carbons (Fsp3) is 0.615. The molecule has 0 spiro atoms. The molecule has 0 aliphatic carbocycles. The highest BCUT2D eigenvalue weighted by Gasteiger charge is 2.32. The number of imide groups is 1. The summed E-state index contributed by atoms with van der Waals surface area (Å²) in [4.78, 5) is 27.2. The molecule has 20 heavy (non-hydrogen) atoms. The van der Waals surface area contributed by atoms with Gasteiger partial charge in [-0.2, -0.15) is 5.10 Å². The van der Waals surface area contributed by atoms with E-state index < -0.39 is 0 Å². The van der Waals surface area contributed by atoms with Gasteiger partial charge in [0, 0.05) is 37.9 Å². The van der Waals surface area contributed by atoms with Gasteiger partial charge in [-0.3, -0.25) is 19.3 Å². The topological polar surface area (TPSA) is 70.5 Å². The van der Waals surface area contributed by atoms with Gasteiger partial charge in [0.1, 0.15) is 0 Å². The first-order chi connectivity index (χ1) is 9.65. The summed E-state index contributed by atoms with van der Waals surface area (Å²) in [7, 11) is 1.89. The molecule has 1 aromatic rings. The van der Waals surface area contributed by atoms with Crippen LogP contribution >= 0.6 is 0 Å². The molecule has 1 aromatic heterocycles. The Bertz CT molecular complexity index is 527. The zero-order valence-corrected chi connectivity index (χ0v) is 11.6. The molecule has 3 rings (SSSR count).